The van der Waals surface area contributed by atoms with Crippen LogP contribution in [0.2, 0.25) is 0 Å². The van der Waals surface area contributed by atoms with Crippen LogP contribution in [0.5, 0.6) is 11.5 Å². The van der Waals surface area contributed by atoms with Gasteiger partial charge in [0, 0.05) is 22.7 Å². The standard InChI is InChI=1S/C17H16N2O2/c1-20-12-8-13-14(18)10-15(11-6-4-3-5-7-11)19-17(13)16(9-12)21-2/h3-10H,1-2H3,(H2,18,19). The molecule has 1 heterocycles. The first-order valence-electron chi connectivity index (χ1n) is 6.60. The van der Waals surface area contributed by atoms with Crippen molar-refractivity contribution >= 4 is 16.6 Å². The van der Waals surface area contributed by atoms with Crippen LogP contribution in [0.25, 0.3) is 22.2 Å². The predicted octanol–water partition coefficient (Wildman–Crippen LogP) is 3.50. The smallest absolute Gasteiger partial charge is 0.148 e. The van der Waals surface area contributed by atoms with Gasteiger partial charge in [-0.3, -0.25) is 0 Å². The van der Waals surface area contributed by atoms with Gasteiger partial charge in [0.05, 0.1) is 19.9 Å². The Hall–Kier alpha value is -2.75. The maximum Gasteiger partial charge on any atom is 0.148 e. The van der Waals surface area contributed by atoms with E-state index >= 15 is 0 Å². The third-order valence-electron chi connectivity index (χ3n) is 3.41. The van der Waals surface area contributed by atoms with Gasteiger partial charge in [-0.25, -0.2) is 4.98 Å². The zero-order chi connectivity index (χ0) is 14.8. The molecule has 3 rings (SSSR count). The lowest BCUT2D eigenvalue weighted by molar-refractivity contribution is 0.397. The van der Waals surface area contributed by atoms with Gasteiger partial charge in [-0.05, 0) is 12.1 Å². The summed E-state index contributed by atoms with van der Waals surface area (Å²) < 4.78 is 10.7. The van der Waals surface area contributed by atoms with E-state index in [-0.39, 0.29) is 0 Å². The number of fused-ring (bicyclic) bond motifs is 1. The Balaban J connectivity index is 2.28. The molecule has 0 spiro atoms. The molecule has 4 nitrogen and oxygen atoms in total. The maximum atomic E-state index is 6.19. The van der Waals surface area contributed by atoms with Crippen LogP contribution in [0.3, 0.4) is 0 Å². The molecule has 0 radical (unpaired) electrons. The summed E-state index contributed by atoms with van der Waals surface area (Å²) in [5.41, 5.74) is 9.41. The van der Waals surface area contributed by atoms with Crippen molar-refractivity contribution in [3.8, 4) is 22.8 Å². The van der Waals surface area contributed by atoms with Crippen molar-refractivity contribution in [1.29, 1.82) is 0 Å². The molecule has 0 aliphatic carbocycles. The van der Waals surface area contributed by atoms with E-state index in [9.17, 15) is 0 Å². The van der Waals surface area contributed by atoms with E-state index in [0.717, 1.165) is 22.2 Å². The van der Waals surface area contributed by atoms with Crippen LogP contribution in [0, 0.1) is 0 Å². The number of benzene rings is 2. The number of methoxy groups -OCH3 is 2. The number of rotatable bonds is 3. The van der Waals surface area contributed by atoms with Crippen molar-refractivity contribution in [3.05, 3.63) is 48.5 Å². The van der Waals surface area contributed by atoms with Gasteiger partial charge in [-0.15, -0.1) is 0 Å². The molecule has 0 aliphatic rings. The minimum absolute atomic E-state index is 0.647. The predicted molar refractivity (Wildman–Crippen MR) is 84.7 cm³/mol. The normalized spacial score (nSPS) is 10.6. The summed E-state index contributed by atoms with van der Waals surface area (Å²) >= 11 is 0. The molecule has 0 bridgehead atoms. The summed E-state index contributed by atoms with van der Waals surface area (Å²) in [6.45, 7) is 0. The third kappa shape index (κ3) is 2.36. The van der Waals surface area contributed by atoms with Crippen molar-refractivity contribution in [3.63, 3.8) is 0 Å². The van der Waals surface area contributed by atoms with Gasteiger partial charge in [0.1, 0.15) is 17.0 Å². The van der Waals surface area contributed by atoms with Crippen molar-refractivity contribution in [1.82, 2.24) is 4.98 Å². The van der Waals surface area contributed by atoms with Crippen molar-refractivity contribution in [2.24, 2.45) is 0 Å². The highest BCUT2D eigenvalue weighted by Gasteiger charge is 2.12. The molecule has 2 N–H and O–H groups in total. The fraction of sp³-hybridized carbons (Fsp3) is 0.118. The number of anilines is 1. The van der Waals surface area contributed by atoms with Crippen LogP contribution in [0.4, 0.5) is 5.69 Å². The molecule has 0 saturated heterocycles. The number of aromatic nitrogens is 1. The van der Waals surface area contributed by atoms with Gasteiger partial charge < -0.3 is 15.2 Å². The maximum absolute atomic E-state index is 6.19. The molecule has 0 saturated carbocycles. The third-order valence-corrected chi connectivity index (χ3v) is 3.41. The number of pyridine rings is 1. The summed E-state index contributed by atoms with van der Waals surface area (Å²) in [4.78, 5) is 4.69. The number of nitrogens with two attached hydrogens (primary N) is 1. The molecule has 0 atom stereocenters. The Labute approximate surface area is 123 Å². The summed E-state index contributed by atoms with van der Waals surface area (Å²) in [5, 5.41) is 0.825. The largest absolute Gasteiger partial charge is 0.497 e. The van der Waals surface area contributed by atoms with Gasteiger partial charge in [0.2, 0.25) is 0 Å². The number of hydrogen-bond donors (Lipinski definition) is 1. The van der Waals surface area contributed by atoms with Gasteiger partial charge in [-0.1, -0.05) is 30.3 Å². The Kier molecular flexibility index (Phi) is 3.36. The number of ether oxygens (including phenoxy) is 2. The minimum Gasteiger partial charge on any atom is -0.497 e. The van der Waals surface area contributed by atoms with Crippen molar-refractivity contribution in [2.75, 3.05) is 20.0 Å². The molecule has 0 amide bonds. The SMILES string of the molecule is COc1cc(OC)c2nc(-c3ccccc3)cc(N)c2c1. The second-order valence-electron chi connectivity index (χ2n) is 4.69. The molecular weight excluding hydrogens is 264 g/mol. The average Bonchev–Trinajstić information content (AvgIpc) is 2.54. The fourth-order valence-corrected chi connectivity index (χ4v) is 2.33. The lowest BCUT2D eigenvalue weighted by Crippen LogP contribution is -1.96. The Bertz CT molecular complexity index is 786. The van der Waals surface area contributed by atoms with Gasteiger partial charge in [-0.2, -0.15) is 0 Å². The second-order valence-corrected chi connectivity index (χ2v) is 4.69. The van der Waals surface area contributed by atoms with E-state index in [1.165, 1.54) is 0 Å². The van der Waals surface area contributed by atoms with Gasteiger partial charge in [0.15, 0.2) is 0 Å². The highest BCUT2D eigenvalue weighted by Crippen LogP contribution is 2.35. The zero-order valence-corrected chi connectivity index (χ0v) is 12.0. The van der Waals surface area contributed by atoms with Gasteiger partial charge in [0.25, 0.3) is 0 Å². The van der Waals surface area contributed by atoms with Gasteiger partial charge >= 0.3 is 0 Å². The lowest BCUT2D eigenvalue weighted by Gasteiger charge is -2.11. The highest BCUT2D eigenvalue weighted by molar-refractivity contribution is 5.97. The van der Waals surface area contributed by atoms with E-state index in [0.29, 0.717) is 17.2 Å². The Morgan fingerprint density at radius 2 is 1.71 bits per heavy atom. The Morgan fingerprint density at radius 3 is 2.38 bits per heavy atom. The van der Waals surface area contributed by atoms with E-state index in [2.05, 4.69) is 0 Å². The van der Waals surface area contributed by atoms with E-state index < -0.39 is 0 Å². The molecule has 21 heavy (non-hydrogen) atoms. The van der Waals surface area contributed by atoms with E-state index in [1.54, 1.807) is 14.2 Å². The topological polar surface area (TPSA) is 57.4 Å². The van der Waals surface area contributed by atoms with Crippen LogP contribution in [-0.4, -0.2) is 19.2 Å². The van der Waals surface area contributed by atoms with Crippen LogP contribution in [-0.2, 0) is 0 Å². The molecule has 106 valence electrons. The number of nitrogen functional groups attached to an aromatic ring is 1. The van der Waals surface area contributed by atoms with E-state index in [4.69, 9.17) is 20.2 Å². The van der Waals surface area contributed by atoms with Crippen molar-refractivity contribution < 1.29 is 9.47 Å². The van der Waals surface area contributed by atoms with E-state index in [1.807, 2.05) is 48.5 Å². The molecule has 0 unspecified atom stereocenters. The highest BCUT2D eigenvalue weighted by atomic mass is 16.5. The first kappa shape index (κ1) is 13.2. The number of hydrogen-bond acceptors (Lipinski definition) is 4. The first-order valence-corrected chi connectivity index (χ1v) is 6.60. The molecule has 1 aromatic heterocycles. The summed E-state index contributed by atoms with van der Waals surface area (Å²) in [5.74, 6) is 1.34. The summed E-state index contributed by atoms with van der Waals surface area (Å²) in [6.07, 6.45) is 0. The van der Waals surface area contributed by atoms with Crippen LogP contribution in [0.1, 0.15) is 0 Å². The van der Waals surface area contributed by atoms with Crippen LogP contribution >= 0.6 is 0 Å². The lowest BCUT2D eigenvalue weighted by atomic mass is 10.1. The molecule has 3 aromatic rings. The second kappa shape index (κ2) is 5.32. The quantitative estimate of drug-likeness (QED) is 0.797. The first-order chi connectivity index (χ1) is 10.2. The Morgan fingerprint density at radius 1 is 0.952 bits per heavy atom. The van der Waals surface area contributed by atoms with Crippen LogP contribution in [0.15, 0.2) is 48.5 Å². The monoisotopic (exact) mass is 280 g/mol. The molecule has 0 fully saturated rings. The molecule has 0 aliphatic heterocycles. The molecule has 4 heteroatoms. The molecular formula is C17H16N2O2. The average molecular weight is 280 g/mol. The number of nitrogens with zero attached hydrogens (tertiary/aromatic N) is 1. The minimum atomic E-state index is 0.647. The summed E-state index contributed by atoms with van der Waals surface area (Å²) in [6, 6.07) is 15.5. The zero-order valence-electron chi connectivity index (χ0n) is 12.0. The van der Waals surface area contributed by atoms with Crippen molar-refractivity contribution in [2.45, 2.75) is 0 Å². The van der Waals surface area contributed by atoms with Crippen LogP contribution < -0.4 is 15.2 Å². The molecule has 2 aromatic carbocycles. The summed E-state index contributed by atoms with van der Waals surface area (Å²) in [7, 11) is 3.23. The fourth-order valence-electron chi connectivity index (χ4n) is 2.33.